The highest BCUT2D eigenvalue weighted by atomic mass is 35.5. The van der Waals surface area contributed by atoms with Gasteiger partial charge in [0.1, 0.15) is 5.82 Å². The van der Waals surface area contributed by atoms with E-state index < -0.39 is 23.5 Å². The second-order valence-electron chi connectivity index (χ2n) is 3.82. The van der Waals surface area contributed by atoms with Gasteiger partial charge < -0.3 is 5.73 Å². The lowest BCUT2D eigenvalue weighted by Gasteiger charge is -2.14. The van der Waals surface area contributed by atoms with Crippen LogP contribution in [0.5, 0.6) is 0 Å². The van der Waals surface area contributed by atoms with Gasteiger partial charge in [-0.25, -0.2) is 13.2 Å². The summed E-state index contributed by atoms with van der Waals surface area (Å²) in [5.41, 5.74) is 6.27. The second-order valence-corrected chi connectivity index (χ2v) is 4.25. The Labute approximate surface area is 107 Å². The maximum Gasteiger partial charge on any atom is 0.161 e. The van der Waals surface area contributed by atoms with Gasteiger partial charge in [-0.2, -0.15) is 0 Å². The molecule has 94 valence electrons. The third kappa shape index (κ3) is 2.49. The molecule has 0 fully saturated rings. The Hall–Kier alpha value is -1.52. The van der Waals surface area contributed by atoms with Gasteiger partial charge in [-0.15, -0.1) is 0 Å². The first-order valence-electron chi connectivity index (χ1n) is 5.14. The standard InChI is InChI=1S/C13H9ClF3N/c14-8-3-1-7(2-4-8)13(18)9-5-11(16)12(17)6-10(9)15/h1-6,13H,18H2. The van der Waals surface area contributed by atoms with Crippen molar-refractivity contribution in [3.8, 4) is 0 Å². The molecule has 2 aromatic rings. The van der Waals surface area contributed by atoms with E-state index in [2.05, 4.69) is 0 Å². The average Bonchev–Trinajstić information content (AvgIpc) is 2.34. The van der Waals surface area contributed by atoms with E-state index in [0.717, 1.165) is 6.07 Å². The predicted octanol–water partition coefficient (Wildman–Crippen LogP) is 3.81. The van der Waals surface area contributed by atoms with Crippen molar-refractivity contribution in [3.63, 3.8) is 0 Å². The zero-order chi connectivity index (χ0) is 13.3. The number of hydrogen-bond acceptors (Lipinski definition) is 1. The topological polar surface area (TPSA) is 26.0 Å². The third-order valence-corrected chi connectivity index (χ3v) is 2.86. The van der Waals surface area contributed by atoms with Crippen molar-refractivity contribution >= 4 is 11.6 Å². The van der Waals surface area contributed by atoms with E-state index in [9.17, 15) is 13.2 Å². The number of rotatable bonds is 2. The molecule has 2 rings (SSSR count). The molecule has 1 unspecified atom stereocenters. The van der Waals surface area contributed by atoms with Crippen molar-refractivity contribution in [1.82, 2.24) is 0 Å². The molecule has 0 aromatic heterocycles. The van der Waals surface area contributed by atoms with Crippen LogP contribution in [0.1, 0.15) is 17.2 Å². The number of halogens is 4. The summed E-state index contributed by atoms with van der Waals surface area (Å²) in [7, 11) is 0. The van der Waals surface area contributed by atoms with Crippen LogP contribution >= 0.6 is 11.6 Å². The minimum atomic E-state index is -1.24. The van der Waals surface area contributed by atoms with Gasteiger partial charge in [0.15, 0.2) is 11.6 Å². The summed E-state index contributed by atoms with van der Waals surface area (Å²) in [6, 6.07) is 6.77. The van der Waals surface area contributed by atoms with Gasteiger partial charge in [0.25, 0.3) is 0 Å². The number of hydrogen-bond donors (Lipinski definition) is 1. The van der Waals surface area contributed by atoms with E-state index >= 15 is 0 Å². The molecule has 0 aliphatic rings. The van der Waals surface area contributed by atoms with Gasteiger partial charge in [-0.1, -0.05) is 23.7 Å². The van der Waals surface area contributed by atoms with Gasteiger partial charge in [0.05, 0.1) is 6.04 Å². The molecule has 0 saturated carbocycles. The smallest absolute Gasteiger partial charge is 0.161 e. The highest BCUT2D eigenvalue weighted by Crippen LogP contribution is 2.25. The lowest BCUT2D eigenvalue weighted by molar-refractivity contribution is 0.487. The van der Waals surface area contributed by atoms with Crippen LogP contribution in [-0.2, 0) is 0 Å². The van der Waals surface area contributed by atoms with E-state index in [1.165, 1.54) is 0 Å². The normalized spacial score (nSPS) is 12.5. The number of nitrogens with two attached hydrogens (primary N) is 1. The molecular formula is C13H9ClF3N. The molecule has 18 heavy (non-hydrogen) atoms. The third-order valence-electron chi connectivity index (χ3n) is 2.60. The van der Waals surface area contributed by atoms with E-state index in [4.69, 9.17) is 17.3 Å². The molecule has 2 aromatic carbocycles. The van der Waals surface area contributed by atoms with Crippen LogP contribution in [0.2, 0.25) is 5.02 Å². The molecule has 0 aliphatic carbocycles. The molecule has 0 spiro atoms. The summed E-state index contributed by atoms with van der Waals surface area (Å²) in [6.45, 7) is 0. The first-order valence-corrected chi connectivity index (χ1v) is 5.52. The minimum Gasteiger partial charge on any atom is -0.320 e. The van der Waals surface area contributed by atoms with Crippen molar-refractivity contribution in [2.24, 2.45) is 5.73 Å². The summed E-state index contributed by atoms with van der Waals surface area (Å²) in [5.74, 6) is -3.24. The second kappa shape index (κ2) is 5.00. The first-order chi connectivity index (χ1) is 8.49. The fraction of sp³-hybridized carbons (Fsp3) is 0.0769. The lowest BCUT2D eigenvalue weighted by atomic mass is 9.99. The fourth-order valence-electron chi connectivity index (χ4n) is 1.63. The monoisotopic (exact) mass is 271 g/mol. The van der Waals surface area contributed by atoms with Crippen LogP contribution in [0.15, 0.2) is 36.4 Å². The van der Waals surface area contributed by atoms with Crippen molar-refractivity contribution in [3.05, 3.63) is 70.0 Å². The summed E-state index contributed by atoms with van der Waals surface area (Å²) in [6.07, 6.45) is 0. The maximum atomic E-state index is 13.5. The Balaban J connectivity index is 2.42. The fourth-order valence-corrected chi connectivity index (χ4v) is 1.75. The molecule has 0 aliphatic heterocycles. The molecule has 0 amide bonds. The van der Waals surface area contributed by atoms with Gasteiger partial charge in [0.2, 0.25) is 0 Å². The SMILES string of the molecule is NC(c1ccc(Cl)cc1)c1cc(F)c(F)cc1F. The molecule has 1 atom stereocenters. The van der Waals surface area contributed by atoms with E-state index in [1.807, 2.05) is 0 Å². The Morgan fingerprint density at radius 2 is 1.44 bits per heavy atom. The van der Waals surface area contributed by atoms with Gasteiger partial charge in [-0.3, -0.25) is 0 Å². The van der Waals surface area contributed by atoms with E-state index in [-0.39, 0.29) is 5.56 Å². The van der Waals surface area contributed by atoms with Crippen LogP contribution in [0, 0.1) is 17.5 Å². The largest absolute Gasteiger partial charge is 0.320 e. The average molecular weight is 272 g/mol. The Morgan fingerprint density at radius 3 is 2.06 bits per heavy atom. The zero-order valence-corrected chi connectivity index (χ0v) is 9.89. The molecule has 0 heterocycles. The van der Waals surface area contributed by atoms with Crippen LogP contribution in [0.4, 0.5) is 13.2 Å². The Morgan fingerprint density at radius 1 is 0.889 bits per heavy atom. The summed E-state index contributed by atoms with van der Waals surface area (Å²) >= 11 is 5.72. The van der Waals surface area contributed by atoms with Crippen LogP contribution in [0.25, 0.3) is 0 Å². The molecular weight excluding hydrogens is 263 g/mol. The number of benzene rings is 2. The zero-order valence-electron chi connectivity index (χ0n) is 9.13. The predicted molar refractivity (Wildman–Crippen MR) is 63.8 cm³/mol. The molecule has 0 bridgehead atoms. The van der Waals surface area contributed by atoms with Crippen LogP contribution < -0.4 is 5.73 Å². The van der Waals surface area contributed by atoms with Crippen molar-refractivity contribution in [1.29, 1.82) is 0 Å². The molecule has 1 nitrogen and oxygen atoms in total. The summed E-state index contributed by atoms with van der Waals surface area (Å²) in [5, 5.41) is 0.511. The first kappa shape index (κ1) is 12.9. The van der Waals surface area contributed by atoms with E-state index in [0.29, 0.717) is 16.7 Å². The summed E-state index contributed by atoms with van der Waals surface area (Å²) in [4.78, 5) is 0. The summed E-state index contributed by atoms with van der Waals surface area (Å²) < 4.78 is 39.4. The van der Waals surface area contributed by atoms with Crippen LogP contribution in [-0.4, -0.2) is 0 Å². The molecule has 0 radical (unpaired) electrons. The highest BCUT2D eigenvalue weighted by Gasteiger charge is 2.17. The Kier molecular flexibility index (Phi) is 3.59. The van der Waals surface area contributed by atoms with Crippen molar-refractivity contribution in [2.75, 3.05) is 0 Å². The molecule has 2 N–H and O–H groups in total. The quantitative estimate of drug-likeness (QED) is 0.826. The van der Waals surface area contributed by atoms with Crippen molar-refractivity contribution in [2.45, 2.75) is 6.04 Å². The highest BCUT2D eigenvalue weighted by molar-refractivity contribution is 6.30. The lowest BCUT2D eigenvalue weighted by Crippen LogP contribution is -2.14. The molecule has 0 saturated heterocycles. The van der Waals surface area contributed by atoms with Crippen LogP contribution in [0.3, 0.4) is 0 Å². The minimum absolute atomic E-state index is 0.101. The molecule has 5 heteroatoms. The van der Waals surface area contributed by atoms with Crippen molar-refractivity contribution < 1.29 is 13.2 Å². The maximum absolute atomic E-state index is 13.5. The van der Waals surface area contributed by atoms with Gasteiger partial charge in [-0.05, 0) is 23.8 Å². The van der Waals surface area contributed by atoms with Gasteiger partial charge >= 0.3 is 0 Å². The van der Waals surface area contributed by atoms with E-state index in [1.54, 1.807) is 24.3 Å². The Bertz CT molecular complexity index is 569. The van der Waals surface area contributed by atoms with Gasteiger partial charge in [0, 0.05) is 16.7 Å².